The Balaban J connectivity index is 3.04. The predicted molar refractivity (Wildman–Crippen MR) is 30.4 cm³/mol. The number of hydrogen-bond donors (Lipinski definition) is 2. The molecule has 2 nitrogen and oxygen atoms in total. The lowest BCUT2D eigenvalue weighted by atomic mass is 10.6. The molecule has 0 saturated heterocycles. The Morgan fingerprint density at radius 3 is 2.57 bits per heavy atom. The monoisotopic (exact) mass is 115 g/mol. The summed E-state index contributed by atoms with van der Waals surface area (Å²) in [4.78, 5) is 0. The number of anilines is 1. The van der Waals surface area contributed by atoms with Crippen LogP contribution in [0.25, 0.3) is 0 Å². The lowest BCUT2D eigenvalue weighted by Crippen LogP contribution is -1.72. The standard InChI is InChI=1S/C4H5NOS/c5-4-1-3(6)2-7-4/h1-2,6H,5H2. The van der Waals surface area contributed by atoms with Crippen molar-refractivity contribution < 1.29 is 5.11 Å². The third kappa shape index (κ3) is 0.838. The summed E-state index contributed by atoms with van der Waals surface area (Å²) < 4.78 is 0. The zero-order chi connectivity index (χ0) is 5.28. The summed E-state index contributed by atoms with van der Waals surface area (Å²) in [6, 6.07) is 1.52. The van der Waals surface area contributed by atoms with Crippen molar-refractivity contribution in [2.45, 2.75) is 0 Å². The van der Waals surface area contributed by atoms with Gasteiger partial charge in [0.25, 0.3) is 0 Å². The second kappa shape index (κ2) is 1.42. The third-order valence-corrected chi connectivity index (χ3v) is 1.36. The average Bonchev–Trinajstić information content (AvgIpc) is 1.87. The number of rotatable bonds is 0. The van der Waals surface area contributed by atoms with Crippen molar-refractivity contribution in [1.82, 2.24) is 0 Å². The molecule has 0 fully saturated rings. The summed E-state index contributed by atoms with van der Waals surface area (Å²) in [6.07, 6.45) is 0. The minimum absolute atomic E-state index is 0.252. The van der Waals surface area contributed by atoms with Gasteiger partial charge in [-0.05, 0) is 0 Å². The van der Waals surface area contributed by atoms with Gasteiger partial charge in [0, 0.05) is 11.4 Å². The maximum Gasteiger partial charge on any atom is 0.128 e. The van der Waals surface area contributed by atoms with Crippen molar-refractivity contribution >= 4 is 16.3 Å². The van der Waals surface area contributed by atoms with Gasteiger partial charge in [-0.25, -0.2) is 0 Å². The Morgan fingerprint density at radius 2 is 2.43 bits per heavy atom. The summed E-state index contributed by atoms with van der Waals surface area (Å²) in [6.45, 7) is 0. The minimum atomic E-state index is 0.252. The summed E-state index contributed by atoms with van der Waals surface area (Å²) in [5.74, 6) is 0.252. The predicted octanol–water partition coefficient (Wildman–Crippen LogP) is 1.04. The number of nitrogens with two attached hydrogens (primary N) is 1. The first-order valence-corrected chi connectivity index (χ1v) is 2.70. The van der Waals surface area contributed by atoms with E-state index in [4.69, 9.17) is 10.8 Å². The zero-order valence-electron chi connectivity index (χ0n) is 3.59. The molecule has 0 amide bonds. The number of hydrogen-bond acceptors (Lipinski definition) is 3. The molecule has 0 saturated carbocycles. The van der Waals surface area contributed by atoms with Gasteiger partial charge < -0.3 is 10.8 Å². The van der Waals surface area contributed by atoms with Crippen LogP contribution in [-0.2, 0) is 0 Å². The molecule has 0 aliphatic carbocycles. The minimum Gasteiger partial charge on any atom is -0.507 e. The molecule has 0 radical (unpaired) electrons. The highest BCUT2D eigenvalue weighted by molar-refractivity contribution is 7.14. The molecular formula is C4H5NOS. The van der Waals surface area contributed by atoms with Crippen LogP contribution in [0.4, 0.5) is 5.00 Å². The second-order valence-electron chi connectivity index (χ2n) is 1.21. The molecular weight excluding hydrogens is 110 g/mol. The molecule has 3 N–H and O–H groups in total. The van der Waals surface area contributed by atoms with Crippen LogP contribution in [0.2, 0.25) is 0 Å². The van der Waals surface area contributed by atoms with E-state index in [1.165, 1.54) is 17.4 Å². The van der Waals surface area contributed by atoms with Crippen molar-refractivity contribution in [3.8, 4) is 5.75 Å². The first-order valence-electron chi connectivity index (χ1n) is 1.82. The molecule has 1 heterocycles. The van der Waals surface area contributed by atoms with Gasteiger partial charge in [-0.15, -0.1) is 11.3 Å². The Bertz CT molecular complexity index is 144. The quantitative estimate of drug-likeness (QED) is 0.530. The van der Waals surface area contributed by atoms with Crippen LogP contribution in [0, 0.1) is 0 Å². The molecule has 1 aromatic rings. The molecule has 1 aromatic heterocycles. The summed E-state index contributed by atoms with van der Waals surface area (Å²) in [5.41, 5.74) is 5.24. The van der Waals surface area contributed by atoms with Gasteiger partial charge in [0.1, 0.15) is 5.75 Å². The highest BCUT2D eigenvalue weighted by Gasteiger charge is 1.87. The normalized spacial score (nSPS) is 9.14. The van der Waals surface area contributed by atoms with E-state index in [1.807, 2.05) is 0 Å². The van der Waals surface area contributed by atoms with Crippen LogP contribution < -0.4 is 5.73 Å². The van der Waals surface area contributed by atoms with Crippen LogP contribution in [0.3, 0.4) is 0 Å². The molecule has 0 bridgehead atoms. The maximum atomic E-state index is 8.58. The Hall–Kier alpha value is -0.700. The largest absolute Gasteiger partial charge is 0.507 e. The van der Waals surface area contributed by atoms with Crippen molar-refractivity contribution in [2.24, 2.45) is 0 Å². The molecule has 3 heteroatoms. The van der Waals surface area contributed by atoms with Crippen molar-refractivity contribution in [1.29, 1.82) is 0 Å². The molecule has 0 atom stereocenters. The van der Waals surface area contributed by atoms with Crippen molar-refractivity contribution in [3.63, 3.8) is 0 Å². The fraction of sp³-hybridized carbons (Fsp3) is 0. The Morgan fingerprint density at radius 1 is 1.71 bits per heavy atom. The second-order valence-corrected chi connectivity index (χ2v) is 2.15. The number of thiophene rings is 1. The molecule has 0 aliphatic heterocycles. The van der Waals surface area contributed by atoms with Crippen LogP contribution in [-0.4, -0.2) is 5.11 Å². The molecule has 38 valence electrons. The molecule has 7 heavy (non-hydrogen) atoms. The molecule has 1 rings (SSSR count). The number of nitrogen functional groups attached to an aromatic ring is 1. The van der Waals surface area contributed by atoms with E-state index in [1.54, 1.807) is 5.38 Å². The van der Waals surface area contributed by atoms with Crippen LogP contribution in [0.15, 0.2) is 11.4 Å². The topological polar surface area (TPSA) is 46.2 Å². The fourth-order valence-electron chi connectivity index (χ4n) is 0.342. The first-order chi connectivity index (χ1) is 3.29. The number of aromatic hydroxyl groups is 1. The summed E-state index contributed by atoms with van der Waals surface area (Å²) in [5, 5.41) is 10.8. The van der Waals surface area contributed by atoms with E-state index in [0.29, 0.717) is 5.00 Å². The molecule has 0 aromatic carbocycles. The lowest BCUT2D eigenvalue weighted by molar-refractivity contribution is 0.478. The molecule has 0 aliphatic rings. The van der Waals surface area contributed by atoms with Crippen molar-refractivity contribution in [2.75, 3.05) is 5.73 Å². The Kier molecular flexibility index (Phi) is 0.906. The van der Waals surface area contributed by atoms with Gasteiger partial charge in [-0.3, -0.25) is 0 Å². The fourth-order valence-corrected chi connectivity index (χ4v) is 0.856. The first kappa shape index (κ1) is 4.46. The van der Waals surface area contributed by atoms with Gasteiger partial charge in [0.2, 0.25) is 0 Å². The van der Waals surface area contributed by atoms with Gasteiger partial charge in [-0.2, -0.15) is 0 Å². The van der Waals surface area contributed by atoms with E-state index < -0.39 is 0 Å². The van der Waals surface area contributed by atoms with Gasteiger partial charge in [-0.1, -0.05) is 0 Å². The van der Waals surface area contributed by atoms with Gasteiger partial charge in [0.05, 0.1) is 5.00 Å². The maximum absolute atomic E-state index is 8.58. The van der Waals surface area contributed by atoms with E-state index >= 15 is 0 Å². The van der Waals surface area contributed by atoms with E-state index in [0.717, 1.165) is 0 Å². The molecule has 0 spiro atoms. The van der Waals surface area contributed by atoms with Crippen LogP contribution in [0.5, 0.6) is 5.75 Å². The smallest absolute Gasteiger partial charge is 0.128 e. The summed E-state index contributed by atoms with van der Waals surface area (Å²) >= 11 is 1.33. The highest BCUT2D eigenvalue weighted by atomic mass is 32.1. The third-order valence-electron chi connectivity index (χ3n) is 0.606. The highest BCUT2D eigenvalue weighted by Crippen LogP contribution is 2.20. The van der Waals surface area contributed by atoms with E-state index in [9.17, 15) is 0 Å². The van der Waals surface area contributed by atoms with E-state index in [-0.39, 0.29) is 5.75 Å². The van der Waals surface area contributed by atoms with E-state index in [2.05, 4.69) is 0 Å². The lowest BCUT2D eigenvalue weighted by Gasteiger charge is -1.72. The van der Waals surface area contributed by atoms with Gasteiger partial charge >= 0.3 is 0 Å². The average molecular weight is 115 g/mol. The van der Waals surface area contributed by atoms with Crippen LogP contribution in [0.1, 0.15) is 0 Å². The Labute approximate surface area is 45.2 Å². The summed E-state index contributed by atoms with van der Waals surface area (Å²) in [7, 11) is 0. The van der Waals surface area contributed by atoms with Crippen LogP contribution >= 0.6 is 11.3 Å². The van der Waals surface area contributed by atoms with Crippen molar-refractivity contribution in [3.05, 3.63) is 11.4 Å². The zero-order valence-corrected chi connectivity index (χ0v) is 4.40. The SMILES string of the molecule is Nc1cc(O)cs1. The van der Waals surface area contributed by atoms with Gasteiger partial charge in [0.15, 0.2) is 0 Å². The molecule has 0 unspecified atom stereocenters.